The van der Waals surface area contributed by atoms with Crippen molar-refractivity contribution in [3.05, 3.63) is 64.6 Å². The number of aromatic amines is 1. The SMILES string of the molecule is O=C(NCc1n[nH]c(=O)c2ccccc12)c1cnccn1. The number of H-pyrrole nitrogens is 1. The largest absolute Gasteiger partial charge is 0.345 e. The molecule has 0 unspecified atom stereocenters. The normalized spacial score (nSPS) is 10.5. The van der Waals surface area contributed by atoms with Crippen LogP contribution in [0.3, 0.4) is 0 Å². The maximum Gasteiger partial charge on any atom is 0.272 e. The van der Waals surface area contributed by atoms with Gasteiger partial charge in [0, 0.05) is 17.8 Å². The van der Waals surface area contributed by atoms with Crippen molar-refractivity contribution in [3.63, 3.8) is 0 Å². The molecule has 2 aromatic heterocycles. The van der Waals surface area contributed by atoms with Gasteiger partial charge in [-0.05, 0) is 6.07 Å². The van der Waals surface area contributed by atoms with Crippen LogP contribution in [0.4, 0.5) is 0 Å². The van der Waals surface area contributed by atoms with Gasteiger partial charge in [0.15, 0.2) is 0 Å². The van der Waals surface area contributed by atoms with Crippen molar-refractivity contribution >= 4 is 16.7 Å². The van der Waals surface area contributed by atoms with Gasteiger partial charge in [-0.3, -0.25) is 14.6 Å². The number of carbonyl (C=O) groups excluding carboxylic acids is 1. The molecule has 0 aliphatic carbocycles. The number of nitrogens with one attached hydrogen (secondary N) is 2. The molecule has 7 heteroatoms. The highest BCUT2D eigenvalue weighted by Gasteiger charge is 2.10. The number of benzene rings is 1. The summed E-state index contributed by atoms with van der Waals surface area (Å²) in [6.07, 6.45) is 4.32. The molecular weight excluding hydrogens is 270 g/mol. The number of carbonyl (C=O) groups is 1. The first-order valence-electron chi connectivity index (χ1n) is 6.26. The van der Waals surface area contributed by atoms with Crippen molar-refractivity contribution in [3.8, 4) is 0 Å². The molecule has 1 amide bonds. The van der Waals surface area contributed by atoms with E-state index < -0.39 is 0 Å². The summed E-state index contributed by atoms with van der Waals surface area (Å²) in [4.78, 5) is 31.3. The molecule has 3 rings (SSSR count). The third kappa shape index (κ3) is 2.62. The predicted octanol–water partition coefficient (Wildman–Crippen LogP) is 0.643. The molecule has 0 bridgehead atoms. The lowest BCUT2D eigenvalue weighted by Gasteiger charge is -2.06. The average molecular weight is 281 g/mol. The van der Waals surface area contributed by atoms with Crippen LogP contribution in [0.5, 0.6) is 0 Å². The summed E-state index contributed by atoms with van der Waals surface area (Å²) < 4.78 is 0. The molecule has 104 valence electrons. The number of hydrogen-bond donors (Lipinski definition) is 2. The van der Waals surface area contributed by atoms with Crippen molar-refractivity contribution < 1.29 is 4.79 Å². The van der Waals surface area contributed by atoms with E-state index in [0.29, 0.717) is 16.5 Å². The molecule has 0 spiro atoms. The van der Waals surface area contributed by atoms with Crippen LogP contribution in [0.15, 0.2) is 47.7 Å². The molecule has 3 aromatic rings. The van der Waals surface area contributed by atoms with Crippen molar-refractivity contribution in [1.29, 1.82) is 0 Å². The number of nitrogens with zero attached hydrogens (tertiary/aromatic N) is 3. The van der Waals surface area contributed by atoms with E-state index >= 15 is 0 Å². The monoisotopic (exact) mass is 281 g/mol. The first-order chi connectivity index (χ1) is 10.3. The van der Waals surface area contributed by atoms with Gasteiger partial charge in [-0.1, -0.05) is 18.2 Å². The molecule has 2 heterocycles. The number of hydrogen-bond acceptors (Lipinski definition) is 5. The number of amides is 1. The predicted molar refractivity (Wildman–Crippen MR) is 75.6 cm³/mol. The lowest BCUT2D eigenvalue weighted by atomic mass is 10.1. The molecule has 21 heavy (non-hydrogen) atoms. The van der Waals surface area contributed by atoms with E-state index in [4.69, 9.17) is 0 Å². The number of rotatable bonds is 3. The Bertz CT molecular complexity index is 845. The Morgan fingerprint density at radius 3 is 2.76 bits per heavy atom. The molecule has 0 aliphatic heterocycles. The maximum absolute atomic E-state index is 11.9. The molecule has 0 saturated heterocycles. The van der Waals surface area contributed by atoms with E-state index in [1.807, 2.05) is 6.07 Å². The highest BCUT2D eigenvalue weighted by atomic mass is 16.2. The Morgan fingerprint density at radius 1 is 1.19 bits per heavy atom. The molecule has 0 radical (unpaired) electrons. The molecule has 1 aromatic carbocycles. The van der Waals surface area contributed by atoms with E-state index in [1.165, 1.54) is 18.6 Å². The summed E-state index contributed by atoms with van der Waals surface area (Å²) in [5, 5.41) is 10.4. The summed E-state index contributed by atoms with van der Waals surface area (Å²) in [6.45, 7) is 0.187. The zero-order chi connectivity index (χ0) is 14.7. The van der Waals surface area contributed by atoms with Crippen molar-refractivity contribution in [2.45, 2.75) is 6.54 Å². The van der Waals surface area contributed by atoms with Crippen LogP contribution in [0.2, 0.25) is 0 Å². The lowest BCUT2D eigenvalue weighted by molar-refractivity contribution is 0.0945. The molecule has 2 N–H and O–H groups in total. The minimum absolute atomic E-state index is 0.187. The second-order valence-corrected chi connectivity index (χ2v) is 4.32. The summed E-state index contributed by atoms with van der Waals surface area (Å²) in [6, 6.07) is 7.10. The van der Waals surface area contributed by atoms with Crippen LogP contribution in [-0.4, -0.2) is 26.1 Å². The van der Waals surface area contributed by atoms with Gasteiger partial charge in [0.05, 0.1) is 23.8 Å². The minimum atomic E-state index is -0.347. The van der Waals surface area contributed by atoms with Gasteiger partial charge in [-0.2, -0.15) is 5.10 Å². The van der Waals surface area contributed by atoms with E-state index in [1.54, 1.807) is 18.2 Å². The lowest BCUT2D eigenvalue weighted by Crippen LogP contribution is -2.25. The third-order valence-corrected chi connectivity index (χ3v) is 2.99. The van der Waals surface area contributed by atoms with Crippen LogP contribution in [-0.2, 0) is 6.54 Å². The van der Waals surface area contributed by atoms with Crippen LogP contribution in [0.1, 0.15) is 16.2 Å². The summed E-state index contributed by atoms with van der Waals surface area (Å²) in [7, 11) is 0. The van der Waals surface area contributed by atoms with E-state index in [2.05, 4.69) is 25.5 Å². The van der Waals surface area contributed by atoms with Gasteiger partial charge in [-0.25, -0.2) is 10.1 Å². The van der Waals surface area contributed by atoms with Gasteiger partial charge >= 0.3 is 0 Å². The van der Waals surface area contributed by atoms with Crippen molar-refractivity contribution in [2.24, 2.45) is 0 Å². The Hall–Kier alpha value is -3.09. The first-order valence-corrected chi connectivity index (χ1v) is 6.26. The molecule has 7 nitrogen and oxygen atoms in total. The van der Waals surface area contributed by atoms with E-state index in [0.717, 1.165) is 0 Å². The highest BCUT2D eigenvalue weighted by molar-refractivity contribution is 5.92. The average Bonchev–Trinajstić information content (AvgIpc) is 2.55. The molecule has 0 atom stereocenters. The fourth-order valence-electron chi connectivity index (χ4n) is 1.98. The summed E-state index contributed by atoms with van der Waals surface area (Å²) in [5.41, 5.74) is 0.559. The summed E-state index contributed by atoms with van der Waals surface area (Å²) >= 11 is 0. The minimum Gasteiger partial charge on any atom is -0.345 e. The highest BCUT2D eigenvalue weighted by Crippen LogP contribution is 2.11. The zero-order valence-corrected chi connectivity index (χ0v) is 10.9. The smallest absolute Gasteiger partial charge is 0.272 e. The van der Waals surface area contributed by atoms with Gasteiger partial charge in [0.1, 0.15) is 5.69 Å². The topological polar surface area (TPSA) is 101 Å². The Kier molecular flexibility index (Phi) is 3.38. The number of aromatic nitrogens is 4. The molecule has 0 saturated carbocycles. The second-order valence-electron chi connectivity index (χ2n) is 4.32. The Morgan fingerprint density at radius 2 is 2.00 bits per heavy atom. The van der Waals surface area contributed by atoms with Crippen LogP contribution in [0, 0.1) is 0 Å². The quantitative estimate of drug-likeness (QED) is 0.734. The van der Waals surface area contributed by atoms with Gasteiger partial charge in [0.25, 0.3) is 11.5 Å². The Labute approximate surface area is 119 Å². The standard InChI is InChI=1S/C14H11N5O2/c20-13-10-4-2-1-3-9(10)11(18-19-13)8-17-14(21)12-7-15-5-6-16-12/h1-7H,8H2,(H,17,21)(H,19,20). The van der Waals surface area contributed by atoms with Crippen molar-refractivity contribution in [1.82, 2.24) is 25.5 Å². The van der Waals surface area contributed by atoms with Crippen LogP contribution in [0.25, 0.3) is 10.8 Å². The second kappa shape index (κ2) is 5.49. The van der Waals surface area contributed by atoms with Crippen LogP contribution < -0.4 is 10.9 Å². The summed E-state index contributed by atoms with van der Waals surface area (Å²) in [5.74, 6) is -0.347. The first kappa shape index (κ1) is 12.9. The van der Waals surface area contributed by atoms with Crippen molar-refractivity contribution in [2.75, 3.05) is 0 Å². The van der Waals surface area contributed by atoms with E-state index in [-0.39, 0.29) is 23.7 Å². The Balaban J connectivity index is 1.85. The fraction of sp³-hybridized carbons (Fsp3) is 0.0714. The maximum atomic E-state index is 11.9. The molecular formula is C14H11N5O2. The molecule has 0 aliphatic rings. The zero-order valence-electron chi connectivity index (χ0n) is 10.9. The number of fused-ring (bicyclic) bond motifs is 1. The fourth-order valence-corrected chi connectivity index (χ4v) is 1.98. The van der Waals surface area contributed by atoms with Crippen LogP contribution >= 0.6 is 0 Å². The molecule has 0 fully saturated rings. The van der Waals surface area contributed by atoms with Gasteiger partial charge in [0.2, 0.25) is 0 Å². The van der Waals surface area contributed by atoms with Gasteiger partial charge < -0.3 is 5.32 Å². The third-order valence-electron chi connectivity index (χ3n) is 2.99. The van der Waals surface area contributed by atoms with Gasteiger partial charge in [-0.15, -0.1) is 0 Å². The van der Waals surface area contributed by atoms with E-state index in [9.17, 15) is 9.59 Å².